The molecule has 0 fully saturated rings. The Morgan fingerprint density at radius 2 is 2.29 bits per heavy atom. The van der Waals surface area contributed by atoms with E-state index in [9.17, 15) is 4.79 Å². The fourth-order valence-corrected chi connectivity index (χ4v) is 1.83. The van der Waals surface area contributed by atoms with Crippen LogP contribution in [0.2, 0.25) is 0 Å². The van der Waals surface area contributed by atoms with Gasteiger partial charge in [0, 0.05) is 6.07 Å². The predicted molar refractivity (Wildman–Crippen MR) is 56.0 cm³/mol. The minimum atomic E-state index is -0.173. The normalized spacial score (nSPS) is 10.4. The third-order valence-electron chi connectivity index (χ3n) is 1.81. The number of nitrogens with zero attached hydrogens (tertiary/aromatic N) is 2. The van der Waals surface area contributed by atoms with Crippen LogP contribution in [0, 0.1) is 0 Å². The summed E-state index contributed by atoms with van der Waals surface area (Å²) >= 11 is 1.58. The molecule has 0 spiro atoms. The molecule has 72 valence electrons. The number of rotatable bonds is 2. The highest BCUT2D eigenvalue weighted by molar-refractivity contribution is 7.13. The molecule has 5 heteroatoms. The molecule has 0 saturated heterocycles. The van der Waals surface area contributed by atoms with Crippen LogP contribution in [0.3, 0.4) is 0 Å². The van der Waals surface area contributed by atoms with Gasteiger partial charge in [-0.3, -0.25) is 4.79 Å². The highest BCUT2D eigenvalue weighted by Crippen LogP contribution is 2.20. The van der Waals surface area contributed by atoms with Crippen molar-refractivity contribution in [1.82, 2.24) is 9.78 Å². The maximum absolute atomic E-state index is 11.2. The summed E-state index contributed by atoms with van der Waals surface area (Å²) in [5.74, 6) is 0. The van der Waals surface area contributed by atoms with E-state index in [1.165, 1.54) is 10.7 Å². The third-order valence-corrected chi connectivity index (χ3v) is 2.71. The molecule has 0 atom stereocenters. The standard InChI is InChI=1S/C9H9N3OS/c10-6-12-9(13)4-3-7(11-12)8-2-1-5-14-8/h1-5H,6,10H2. The van der Waals surface area contributed by atoms with Gasteiger partial charge in [0.15, 0.2) is 0 Å². The van der Waals surface area contributed by atoms with E-state index >= 15 is 0 Å². The van der Waals surface area contributed by atoms with Crippen molar-refractivity contribution < 1.29 is 0 Å². The molecule has 0 aromatic carbocycles. The van der Waals surface area contributed by atoms with E-state index in [4.69, 9.17) is 5.73 Å². The first kappa shape index (κ1) is 9.11. The molecule has 0 aliphatic rings. The average Bonchev–Trinajstić information content (AvgIpc) is 2.71. The fourth-order valence-electron chi connectivity index (χ4n) is 1.14. The monoisotopic (exact) mass is 207 g/mol. The van der Waals surface area contributed by atoms with Crippen molar-refractivity contribution in [3.05, 3.63) is 40.0 Å². The van der Waals surface area contributed by atoms with Gasteiger partial charge < -0.3 is 5.73 Å². The molecule has 4 nitrogen and oxygen atoms in total. The maximum Gasteiger partial charge on any atom is 0.267 e. The molecule has 0 saturated carbocycles. The van der Waals surface area contributed by atoms with Crippen molar-refractivity contribution in [2.45, 2.75) is 6.67 Å². The number of aromatic nitrogens is 2. The topological polar surface area (TPSA) is 60.9 Å². The lowest BCUT2D eigenvalue weighted by molar-refractivity contribution is 0.601. The highest BCUT2D eigenvalue weighted by Gasteiger charge is 2.02. The molecular formula is C9H9N3OS. The first-order valence-corrected chi connectivity index (χ1v) is 5.01. The van der Waals surface area contributed by atoms with E-state index in [0.717, 1.165) is 10.6 Å². The molecule has 2 aromatic heterocycles. The predicted octanol–water partition coefficient (Wildman–Crippen LogP) is 0.888. The smallest absolute Gasteiger partial charge is 0.267 e. The zero-order valence-electron chi connectivity index (χ0n) is 7.38. The van der Waals surface area contributed by atoms with Gasteiger partial charge in [-0.15, -0.1) is 11.3 Å². The Hall–Kier alpha value is -1.46. The van der Waals surface area contributed by atoms with Crippen LogP contribution < -0.4 is 11.3 Å². The van der Waals surface area contributed by atoms with E-state index in [1.54, 1.807) is 17.4 Å². The Morgan fingerprint density at radius 1 is 1.43 bits per heavy atom. The van der Waals surface area contributed by atoms with Crippen molar-refractivity contribution in [2.75, 3.05) is 0 Å². The van der Waals surface area contributed by atoms with Gasteiger partial charge in [-0.05, 0) is 17.5 Å². The summed E-state index contributed by atoms with van der Waals surface area (Å²) in [6, 6.07) is 7.09. The van der Waals surface area contributed by atoms with Gasteiger partial charge in [-0.25, -0.2) is 4.68 Å². The van der Waals surface area contributed by atoms with Gasteiger partial charge in [-0.2, -0.15) is 5.10 Å². The van der Waals surface area contributed by atoms with Gasteiger partial charge >= 0.3 is 0 Å². The van der Waals surface area contributed by atoms with Crippen LogP contribution in [0.15, 0.2) is 34.4 Å². The van der Waals surface area contributed by atoms with Gasteiger partial charge in [-0.1, -0.05) is 6.07 Å². The van der Waals surface area contributed by atoms with E-state index in [1.807, 2.05) is 17.5 Å². The lowest BCUT2D eigenvalue weighted by Gasteiger charge is -2.01. The fraction of sp³-hybridized carbons (Fsp3) is 0.111. The summed E-state index contributed by atoms with van der Waals surface area (Å²) in [6.07, 6.45) is 0. The SMILES string of the molecule is NCn1nc(-c2cccs2)ccc1=O. The van der Waals surface area contributed by atoms with Crippen molar-refractivity contribution in [2.24, 2.45) is 5.73 Å². The van der Waals surface area contributed by atoms with Gasteiger partial charge in [0.2, 0.25) is 0 Å². The van der Waals surface area contributed by atoms with Crippen LogP contribution in [0.25, 0.3) is 10.6 Å². The van der Waals surface area contributed by atoms with E-state index in [-0.39, 0.29) is 12.2 Å². The molecule has 0 radical (unpaired) electrons. The largest absolute Gasteiger partial charge is 0.312 e. The van der Waals surface area contributed by atoms with Crippen molar-refractivity contribution >= 4 is 11.3 Å². The second kappa shape index (κ2) is 3.73. The minimum Gasteiger partial charge on any atom is -0.312 e. The summed E-state index contributed by atoms with van der Waals surface area (Å²) < 4.78 is 1.25. The Kier molecular flexibility index (Phi) is 2.43. The van der Waals surface area contributed by atoms with E-state index in [0.29, 0.717) is 0 Å². The van der Waals surface area contributed by atoms with Crippen molar-refractivity contribution in [1.29, 1.82) is 0 Å². The molecule has 2 rings (SSSR count). The highest BCUT2D eigenvalue weighted by atomic mass is 32.1. The minimum absolute atomic E-state index is 0.109. The molecule has 2 N–H and O–H groups in total. The Morgan fingerprint density at radius 3 is 2.93 bits per heavy atom. The molecule has 0 bridgehead atoms. The maximum atomic E-state index is 11.2. The molecule has 2 heterocycles. The summed E-state index contributed by atoms with van der Waals surface area (Å²) in [7, 11) is 0. The average molecular weight is 207 g/mol. The molecule has 2 aromatic rings. The van der Waals surface area contributed by atoms with Crippen LogP contribution in [-0.4, -0.2) is 9.78 Å². The van der Waals surface area contributed by atoms with Gasteiger partial charge in [0.25, 0.3) is 5.56 Å². The molecular weight excluding hydrogens is 198 g/mol. The first-order valence-electron chi connectivity index (χ1n) is 4.13. The lowest BCUT2D eigenvalue weighted by atomic mass is 10.3. The number of nitrogens with two attached hydrogens (primary N) is 1. The lowest BCUT2D eigenvalue weighted by Crippen LogP contribution is -2.25. The third kappa shape index (κ3) is 1.59. The first-order chi connectivity index (χ1) is 6.81. The molecule has 0 aliphatic carbocycles. The van der Waals surface area contributed by atoms with Crippen LogP contribution in [0.5, 0.6) is 0 Å². The molecule has 0 unspecified atom stereocenters. The molecule has 14 heavy (non-hydrogen) atoms. The number of hydrogen-bond donors (Lipinski definition) is 1. The summed E-state index contributed by atoms with van der Waals surface area (Å²) in [4.78, 5) is 12.2. The van der Waals surface area contributed by atoms with Crippen LogP contribution in [0.1, 0.15) is 0 Å². The number of thiophene rings is 1. The Balaban J connectivity index is 2.51. The van der Waals surface area contributed by atoms with E-state index < -0.39 is 0 Å². The van der Waals surface area contributed by atoms with Crippen LogP contribution in [-0.2, 0) is 6.67 Å². The van der Waals surface area contributed by atoms with Crippen LogP contribution in [0.4, 0.5) is 0 Å². The second-order valence-corrected chi connectivity index (χ2v) is 3.66. The zero-order chi connectivity index (χ0) is 9.97. The second-order valence-electron chi connectivity index (χ2n) is 2.72. The zero-order valence-corrected chi connectivity index (χ0v) is 8.20. The molecule has 0 aliphatic heterocycles. The van der Waals surface area contributed by atoms with Crippen LogP contribution >= 0.6 is 11.3 Å². The Bertz CT molecular complexity index is 475. The quantitative estimate of drug-likeness (QED) is 0.795. The van der Waals surface area contributed by atoms with E-state index in [2.05, 4.69) is 5.10 Å². The summed E-state index contributed by atoms with van der Waals surface area (Å²) in [5.41, 5.74) is 5.99. The molecule has 0 amide bonds. The summed E-state index contributed by atoms with van der Waals surface area (Å²) in [5, 5.41) is 6.09. The summed E-state index contributed by atoms with van der Waals surface area (Å²) in [6.45, 7) is 0.109. The van der Waals surface area contributed by atoms with Gasteiger partial charge in [0.1, 0.15) is 5.69 Å². The van der Waals surface area contributed by atoms with Crippen molar-refractivity contribution in [3.8, 4) is 10.6 Å². The van der Waals surface area contributed by atoms with Crippen molar-refractivity contribution in [3.63, 3.8) is 0 Å². The number of hydrogen-bond acceptors (Lipinski definition) is 4. The Labute approximate surface area is 84.6 Å². The van der Waals surface area contributed by atoms with Gasteiger partial charge in [0.05, 0.1) is 11.5 Å².